The standard InChI is InChI=1S/C17H18N6O/c18-11-13-16(14-7-4-9-23(14)20-13)17(24)19-15-8-10-22(21-15)12-5-2-1-3-6-12/h1-3,5-6,8,10H,4,7,9,11,18H2,(H,19,21,24). The minimum Gasteiger partial charge on any atom is -0.325 e. The van der Waals surface area contributed by atoms with Gasteiger partial charge in [-0.25, -0.2) is 4.68 Å². The SMILES string of the molecule is NCc1nn2c(c1C(=O)Nc1ccn(-c3ccccc3)n1)CCC2. The highest BCUT2D eigenvalue weighted by Crippen LogP contribution is 2.23. The van der Waals surface area contributed by atoms with Gasteiger partial charge in [0.1, 0.15) is 0 Å². The summed E-state index contributed by atoms with van der Waals surface area (Å²) in [5, 5.41) is 11.7. The van der Waals surface area contributed by atoms with Crippen LogP contribution in [-0.2, 0) is 19.5 Å². The van der Waals surface area contributed by atoms with E-state index in [9.17, 15) is 4.79 Å². The lowest BCUT2D eigenvalue weighted by Crippen LogP contribution is -2.17. The minimum atomic E-state index is -0.197. The van der Waals surface area contributed by atoms with Crippen LogP contribution in [-0.4, -0.2) is 25.5 Å². The van der Waals surface area contributed by atoms with E-state index in [-0.39, 0.29) is 12.5 Å². The van der Waals surface area contributed by atoms with Crippen molar-refractivity contribution >= 4 is 11.7 Å². The largest absolute Gasteiger partial charge is 0.325 e. The monoisotopic (exact) mass is 322 g/mol. The highest BCUT2D eigenvalue weighted by Gasteiger charge is 2.26. The van der Waals surface area contributed by atoms with E-state index in [0.717, 1.165) is 30.8 Å². The molecule has 0 radical (unpaired) electrons. The lowest BCUT2D eigenvalue weighted by molar-refractivity contribution is 0.102. The number of carbonyl (C=O) groups is 1. The summed E-state index contributed by atoms with van der Waals surface area (Å²) in [7, 11) is 0. The summed E-state index contributed by atoms with van der Waals surface area (Å²) in [5.74, 6) is 0.307. The molecule has 1 aromatic carbocycles. The van der Waals surface area contributed by atoms with Crippen molar-refractivity contribution in [1.82, 2.24) is 19.6 Å². The van der Waals surface area contributed by atoms with Crippen molar-refractivity contribution in [3.63, 3.8) is 0 Å². The number of amides is 1. The molecule has 7 heteroatoms. The van der Waals surface area contributed by atoms with E-state index in [2.05, 4.69) is 15.5 Å². The maximum absolute atomic E-state index is 12.7. The third-order valence-electron chi connectivity index (χ3n) is 4.19. The van der Waals surface area contributed by atoms with Gasteiger partial charge in [-0.3, -0.25) is 9.48 Å². The van der Waals surface area contributed by atoms with Crippen LogP contribution in [0.15, 0.2) is 42.6 Å². The van der Waals surface area contributed by atoms with Gasteiger partial charge in [0.05, 0.1) is 22.6 Å². The second-order valence-corrected chi connectivity index (χ2v) is 5.73. The van der Waals surface area contributed by atoms with Crippen LogP contribution in [0.3, 0.4) is 0 Å². The maximum atomic E-state index is 12.7. The zero-order valence-electron chi connectivity index (χ0n) is 13.1. The lowest BCUT2D eigenvalue weighted by atomic mass is 10.1. The topological polar surface area (TPSA) is 90.8 Å². The molecule has 3 heterocycles. The number of benzene rings is 1. The highest BCUT2D eigenvalue weighted by molar-refractivity contribution is 6.05. The molecule has 24 heavy (non-hydrogen) atoms. The molecular weight excluding hydrogens is 304 g/mol. The Morgan fingerprint density at radius 1 is 1.21 bits per heavy atom. The maximum Gasteiger partial charge on any atom is 0.260 e. The molecule has 4 rings (SSSR count). The second kappa shape index (κ2) is 5.93. The van der Waals surface area contributed by atoms with Gasteiger partial charge >= 0.3 is 0 Å². The number of aryl methyl sites for hydroxylation is 1. The predicted molar refractivity (Wildman–Crippen MR) is 90.0 cm³/mol. The number of nitrogens with two attached hydrogens (primary N) is 1. The third kappa shape index (κ3) is 2.48. The van der Waals surface area contributed by atoms with Crippen LogP contribution in [0.4, 0.5) is 5.82 Å². The molecular formula is C17H18N6O. The van der Waals surface area contributed by atoms with Crippen LogP contribution < -0.4 is 11.1 Å². The first-order valence-corrected chi connectivity index (χ1v) is 7.97. The van der Waals surface area contributed by atoms with E-state index in [1.165, 1.54) is 0 Å². The predicted octanol–water partition coefficient (Wildman–Crippen LogP) is 1.73. The van der Waals surface area contributed by atoms with Gasteiger partial charge in [0, 0.05) is 25.4 Å². The average Bonchev–Trinajstić information content (AvgIpc) is 3.30. The number of hydrogen-bond donors (Lipinski definition) is 2. The van der Waals surface area contributed by atoms with Gasteiger partial charge < -0.3 is 11.1 Å². The minimum absolute atomic E-state index is 0.197. The van der Waals surface area contributed by atoms with Crippen LogP contribution in [0.25, 0.3) is 5.69 Å². The van der Waals surface area contributed by atoms with E-state index in [1.807, 2.05) is 41.2 Å². The number of para-hydroxylation sites is 1. The Morgan fingerprint density at radius 2 is 2.04 bits per heavy atom. The van der Waals surface area contributed by atoms with Crippen LogP contribution in [0.1, 0.15) is 28.2 Å². The van der Waals surface area contributed by atoms with Crippen molar-refractivity contribution in [2.45, 2.75) is 25.9 Å². The van der Waals surface area contributed by atoms with Gasteiger partial charge in [0.25, 0.3) is 5.91 Å². The molecule has 122 valence electrons. The Bertz CT molecular complexity index is 880. The number of nitrogens with one attached hydrogen (secondary N) is 1. The quantitative estimate of drug-likeness (QED) is 0.765. The molecule has 1 amide bonds. The van der Waals surface area contributed by atoms with Gasteiger partial charge in [0.2, 0.25) is 0 Å². The number of nitrogens with zero attached hydrogens (tertiary/aromatic N) is 4. The molecule has 0 unspecified atom stereocenters. The summed E-state index contributed by atoms with van der Waals surface area (Å²) in [6.07, 6.45) is 3.68. The Hall–Kier alpha value is -2.93. The van der Waals surface area contributed by atoms with Crippen LogP contribution in [0.2, 0.25) is 0 Å². The van der Waals surface area contributed by atoms with Crippen molar-refractivity contribution in [2.24, 2.45) is 5.73 Å². The van der Waals surface area contributed by atoms with E-state index in [4.69, 9.17) is 5.73 Å². The van der Waals surface area contributed by atoms with Gasteiger partial charge in [-0.2, -0.15) is 10.2 Å². The molecule has 3 N–H and O–H groups in total. The smallest absolute Gasteiger partial charge is 0.260 e. The molecule has 0 atom stereocenters. The first kappa shape index (κ1) is 14.6. The third-order valence-corrected chi connectivity index (χ3v) is 4.19. The molecule has 0 spiro atoms. The molecule has 1 aliphatic heterocycles. The number of anilines is 1. The van der Waals surface area contributed by atoms with Crippen molar-refractivity contribution in [3.8, 4) is 5.69 Å². The van der Waals surface area contributed by atoms with Crippen LogP contribution in [0, 0.1) is 0 Å². The summed E-state index contributed by atoms with van der Waals surface area (Å²) in [5.41, 5.74) is 8.90. The molecule has 1 aliphatic rings. The number of rotatable bonds is 4. The van der Waals surface area contributed by atoms with E-state index in [0.29, 0.717) is 17.1 Å². The molecule has 2 aromatic heterocycles. The van der Waals surface area contributed by atoms with E-state index in [1.54, 1.807) is 10.7 Å². The average molecular weight is 322 g/mol. The Labute approximate surface area is 139 Å². The highest BCUT2D eigenvalue weighted by atomic mass is 16.1. The zero-order valence-corrected chi connectivity index (χ0v) is 13.1. The second-order valence-electron chi connectivity index (χ2n) is 5.73. The summed E-state index contributed by atoms with van der Waals surface area (Å²) >= 11 is 0. The fourth-order valence-corrected chi connectivity index (χ4v) is 3.09. The molecule has 0 bridgehead atoms. The van der Waals surface area contributed by atoms with Crippen molar-refractivity contribution in [3.05, 3.63) is 59.5 Å². The summed E-state index contributed by atoms with van der Waals surface area (Å²) in [4.78, 5) is 12.7. The Morgan fingerprint density at radius 3 is 2.83 bits per heavy atom. The van der Waals surface area contributed by atoms with Crippen molar-refractivity contribution in [2.75, 3.05) is 5.32 Å². The van der Waals surface area contributed by atoms with Gasteiger partial charge in [-0.1, -0.05) is 18.2 Å². The molecule has 0 aliphatic carbocycles. The van der Waals surface area contributed by atoms with Crippen molar-refractivity contribution < 1.29 is 4.79 Å². The van der Waals surface area contributed by atoms with E-state index >= 15 is 0 Å². The van der Waals surface area contributed by atoms with Gasteiger partial charge in [0.15, 0.2) is 5.82 Å². The first-order valence-electron chi connectivity index (χ1n) is 7.97. The number of carbonyl (C=O) groups excluding carboxylic acids is 1. The number of aromatic nitrogens is 4. The van der Waals surface area contributed by atoms with E-state index < -0.39 is 0 Å². The first-order chi connectivity index (χ1) is 11.8. The summed E-state index contributed by atoms with van der Waals surface area (Å²) in [6, 6.07) is 11.5. The van der Waals surface area contributed by atoms with Gasteiger partial charge in [-0.05, 0) is 25.0 Å². The molecule has 0 fully saturated rings. The normalized spacial score (nSPS) is 13.0. The van der Waals surface area contributed by atoms with Gasteiger partial charge in [-0.15, -0.1) is 0 Å². The molecule has 7 nitrogen and oxygen atoms in total. The Kier molecular flexibility index (Phi) is 3.62. The fourth-order valence-electron chi connectivity index (χ4n) is 3.09. The number of hydrogen-bond acceptors (Lipinski definition) is 4. The van der Waals surface area contributed by atoms with Crippen LogP contribution in [0.5, 0.6) is 0 Å². The fraction of sp³-hybridized carbons (Fsp3) is 0.235. The zero-order chi connectivity index (χ0) is 16.5. The Balaban J connectivity index is 1.58. The molecule has 0 saturated heterocycles. The molecule has 0 saturated carbocycles. The lowest BCUT2D eigenvalue weighted by Gasteiger charge is -2.04. The summed E-state index contributed by atoms with van der Waals surface area (Å²) < 4.78 is 3.61. The van der Waals surface area contributed by atoms with Crippen molar-refractivity contribution in [1.29, 1.82) is 0 Å². The van der Waals surface area contributed by atoms with Crippen LogP contribution >= 0.6 is 0 Å². The molecule has 3 aromatic rings. The number of fused-ring (bicyclic) bond motifs is 1. The summed E-state index contributed by atoms with van der Waals surface area (Å²) in [6.45, 7) is 1.10.